The van der Waals surface area contributed by atoms with E-state index in [9.17, 15) is 14.3 Å². The molecule has 0 spiro atoms. The monoisotopic (exact) mass is 274 g/mol. The minimum absolute atomic E-state index is 0.260. The molecule has 2 N–H and O–H groups in total. The molecular weight excluding hydrogens is 259 g/mol. The predicted molar refractivity (Wildman–Crippen MR) is 72.8 cm³/mol. The molecule has 2 aromatic rings. The molecule has 0 saturated heterocycles. The summed E-state index contributed by atoms with van der Waals surface area (Å²) in [4.78, 5) is 16.0. The minimum atomic E-state index is -0.743. The smallest absolute Gasteiger partial charge is 0.258 e. The number of nitrogens with zero attached hydrogens (tertiary/aromatic N) is 1. The number of hydrogen-bond acceptors (Lipinski definition) is 3. The van der Waals surface area contributed by atoms with Gasteiger partial charge in [-0.05, 0) is 36.2 Å². The normalized spacial score (nSPS) is 11.9. The molecule has 4 nitrogen and oxygen atoms in total. The highest BCUT2D eigenvalue weighted by molar-refractivity contribution is 5.97. The van der Waals surface area contributed by atoms with Gasteiger partial charge in [-0.25, -0.2) is 4.39 Å². The van der Waals surface area contributed by atoms with Gasteiger partial charge < -0.3 is 10.4 Å². The number of nitrogens with one attached hydrogen (secondary N) is 1. The highest BCUT2D eigenvalue weighted by Gasteiger charge is 2.20. The summed E-state index contributed by atoms with van der Waals surface area (Å²) in [6.07, 6.45) is 3.90. The minimum Gasteiger partial charge on any atom is -0.507 e. The van der Waals surface area contributed by atoms with E-state index in [1.54, 1.807) is 24.5 Å². The molecule has 1 amide bonds. The van der Waals surface area contributed by atoms with Crippen molar-refractivity contribution in [2.75, 3.05) is 0 Å². The maximum absolute atomic E-state index is 13.6. The molecule has 104 valence electrons. The Morgan fingerprint density at radius 3 is 2.65 bits per heavy atom. The Bertz CT molecular complexity index is 582. The zero-order chi connectivity index (χ0) is 14.5. The molecule has 0 aliphatic heterocycles. The largest absolute Gasteiger partial charge is 0.507 e. The Morgan fingerprint density at radius 1 is 1.35 bits per heavy atom. The van der Waals surface area contributed by atoms with Crippen LogP contribution in [0.3, 0.4) is 0 Å². The highest BCUT2D eigenvalue weighted by Crippen LogP contribution is 2.22. The lowest BCUT2D eigenvalue weighted by Gasteiger charge is -2.17. The van der Waals surface area contributed by atoms with Gasteiger partial charge in [0.05, 0.1) is 6.04 Å². The van der Waals surface area contributed by atoms with Gasteiger partial charge >= 0.3 is 0 Å². The van der Waals surface area contributed by atoms with Crippen molar-refractivity contribution in [1.82, 2.24) is 10.3 Å². The number of amides is 1. The summed E-state index contributed by atoms with van der Waals surface area (Å²) in [7, 11) is 0. The molecule has 0 saturated carbocycles. The zero-order valence-electron chi connectivity index (χ0n) is 11.0. The first-order valence-electron chi connectivity index (χ1n) is 6.31. The molecule has 5 heteroatoms. The van der Waals surface area contributed by atoms with Crippen molar-refractivity contribution in [2.24, 2.45) is 0 Å². The molecule has 1 unspecified atom stereocenters. The molecule has 0 radical (unpaired) electrons. The van der Waals surface area contributed by atoms with Gasteiger partial charge in [-0.15, -0.1) is 0 Å². The van der Waals surface area contributed by atoms with E-state index in [0.29, 0.717) is 6.42 Å². The second kappa shape index (κ2) is 6.14. The quantitative estimate of drug-likeness (QED) is 0.901. The molecule has 1 aromatic carbocycles. The van der Waals surface area contributed by atoms with Crippen LogP contribution in [-0.2, 0) is 0 Å². The molecule has 1 aromatic heterocycles. The van der Waals surface area contributed by atoms with Crippen LogP contribution < -0.4 is 5.32 Å². The Labute approximate surface area is 116 Å². The van der Waals surface area contributed by atoms with Crippen molar-refractivity contribution in [1.29, 1.82) is 0 Å². The van der Waals surface area contributed by atoms with E-state index in [2.05, 4.69) is 10.3 Å². The summed E-state index contributed by atoms with van der Waals surface area (Å²) < 4.78 is 13.6. The SMILES string of the molecule is CCC(NC(=O)c1c(O)cccc1F)c1ccncc1. The zero-order valence-corrected chi connectivity index (χ0v) is 11.0. The number of benzene rings is 1. The number of phenolic OH excluding ortho intramolecular Hbond substituents is 1. The fraction of sp³-hybridized carbons (Fsp3) is 0.200. The van der Waals surface area contributed by atoms with Crippen LogP contribution in [-0.4, -0.2) is 16.0 Å². The van der Waals surface area contributed by atoms with Gasteiger partial charge in [0.25, 0.3) is 5.91 Å². The van der Waals surface area contributed by atoms with Crippen LogP contribution in [0.25, 0.3) is 0 Å². The van der Waals surface area contributed by atoms with Crippen molar-refractivity contribution in [3.8, 4) is 5.75 Å². The van der Waals surface area contributed by atoms with Crippen LogP contribution in [0.4, 0.5) is 4.39 Å². The molecule has 0 fully saturated rings. The number of rotatable bonds is 4. The maximum Gasteiger partial charge on any atom is 0.258 e. The molecule has 1 heterocycles. The number of aromatic hydroxyl groups is 1. The number of hydrogen-bond donors (Lipinski definition) is 2. The Hall–Kier alpha value is -2.43. The Balaban J connectivity index is 2.22. The summed E-state index contributed by atoms with van der Waals surface area (Å²) in [6.45, 7) is 1.91. The third-order valence-corrected chi connectivity index (χ3v) is 3.04. The number of phenols is 1. The highest BCUT2D eigenvalue weighted by atomic mass is 19.1. The van der Waals surface area contributed by atoms with Crippen molar-refractivity contribution in [3.05, 3.63) is 59.7 Å². The number of halogens is 1. The average Bonchev–Trinajstić information content (AvgIpc) is 2.45. The number of carbonyl (C=O) groups is 1. The predicted octanol–water partition coefficient (Wildman–Crippen LogP) is 2.81. The Morgan fingerprint density at radius 2 is 2.05 bits per heavy atom. The maximum atomic E-state index is 13.6. The van der Waals surface area contributed by atoms with Gasteiger partial charge in [0.2, 0.25) is 0 Å². The van der Waals surface area contributed by atoms with Crippen molar-refractivity contribution in [2.45, 2.75) is 19.4 Å². The van der Waals surface area contributed by atoms with Crippen molar-refractivity contribution in [3.63, 3.8) is 0 Å². The summed E-state index contributed by atoms with van der Waals surface area (Å²) in [6, 6.07) is 7.09. The molecular formula is C15H15FN2O2. The number of pyridine rings is 1. The van der Waals surface area contributed by atoms with E-state index in [4.69, 9.17) is 0 Å². The fourth-order valence-electron chi connectivity index (χ4n) is 1.98. The molecule has 0 bridgehead atoms. The first kappa shape index (κ1) is 14.0. The molecule has 0 aliphatic rings. The van der Waals surface area contributed by atoms with E-state index in [0.717, 1.165) is 11.6 Å². The van der Waals surface area contributed by atoms with Gasteiger partial charge in [0.1, 0.15) is 17.1 Å². The molecule has 20 heavy (non-hydrogen) atoms. The van der Waals surface area contributed by atoms with E-state index < -0.39 is 11.7 Å². The van der Waals surface area contributed by atoms with Crippen molar-refractivity contribution < 1.29 is 14.3 Å². The Kier molecular flexibility index (Phi) is 4.30. The lowest BCUT2D eigenvalue weighted by molar-refractivity contribution is 0.0928. The van der Waals surface area contributed by atoms with Crippen LogP contribution in [0.1, 0.15) is 35.3 Å². The lowest BCUT2D eigenvalue weighted by atomic mass is 10.1. The van der Waals surface area contributed by atoms with E-state index in [-0.39, 0.29) is 17.4 Å². The van der Waals surface area contributed by atoms with Crippen LogP contribution in [0, 0.1) is 5.82 Å². The standard InChI is InChI=1S/C15H15FN2O2/c1-2-12(10-6-8-17-9-7-10)18-15(20)14-11(16)4-3-5-13(14)19/h3-9,12,19H,2H2,1H3,(H,18,20). The van der Waals surface area contributed by atoms with Gasteiger partial charge in [-0.1, -0.05) is 13.0 Å². The molecule has 0 aliphatic carbocycles. The number of aromatic nitrogens is 1. The molecule has 2 rings (SSSR count). The van der Waals surface area contributed by atoms with E-state index >= 15 is 0 Å². The fourth-order valence-corrected chi connectivity index (χ4v) is 1.98. The second-order valence-electron chi connectivity index (χ2n) is 4.35. The van der Waals surface area contributed by atoms with E-state index in [1.165, 1.54) is 12.1 Å². The average molecular weight is 274 g/mol. The van der Waals surface area contributed by atoms with Crippen LogP contribution >= 0.6 is 0 Å². The van der Waals surface area contributed by atoms with Gasteiger partial charge in [0, 0.05) is 12.4 Å². The summed E-state index contributed by atoms with van der Waals surface area (Å²) in [5.41, 5.74) is 0.548. The summed E-state index contributed by atoms with van der Waals surface area (Å²) in [5, 5.41) is 12.3. The van der Waals surface area contributed by atoms with Crippen molar-refractivity contribution >= 4 is 5.91 Å². The van der Waals surface area contributed by atoms with Crippen LogP contribution in [0.15, 0.2) is 42.7 Å². The lowest BCUT2D eigenvalue weighted by Crippen LogP contribution is -2.29. The second-order valence-corrected chi connectivity index (χ2v) is 4.35. The van der Waals surface area contributed by atoms with Gasteiger partial charge in [0.15, 0.2) is 0 Å². The van der Waals surface area contributed by atoms with E-state index in [1.807, 2.05) is 6.92 Å². The number of carbonyl (C=O) groups excluding carboxylic acids is 1. The summed E-state index contributed by atoms with van der Waals surface area (Å²) >= 11 is 0. The van der Waals surface area contributed by atoms with Crippen LogP contribution in [0.5, 0.6) is 5.75 Å². The van der Waals surface area contributed by atoms with Gasteiger partial charge in [-0.3, -0.25) is 9.78 Å². The summed E-state index contributed by atoms with van der Waals surface area (Å²) in [5.74, 6) is -1.75. The van der Waals surface area contributed by atoms with Crippen LogP contribution in [0.2, 0.25) is 0 Å². The third kappa shape index (κ3) is 2.93. The first-order chi connectivity index (χ1) is 9.63. The topological polar surface area (TPSA) is 62.2 Å². The third-order valence-electron chi connectivity index (χ3n) is 3.04. The first-order valence-corrected chi connectivity index (χ1v) is 6.31. The van der Waals surface area contributed by atoms with Gasteiger partial charge in [-0.2, -0.15) is 0 Å². The molecule has 1 atom stereocenters.